The van der Waals surface area contributed by atoms with Gasteiger partial charge < -0.3 is 18.9 Å². The Bertz CT molecular complexity index is 533. The molecule has 0 bridgehead atoms. The molecule has 8 heteroatoms. The summed E-state index contributed by atoms with van der Waals surface area (Å²) in [5, 5.41) is 4.06. The first kappa shape index (κ1) is 19.8. The van der Waals surface area contributed by atoms with E-state index in [4.69, 9.17) is 14.0 Å². The summed E-state index contributed by atoms with van der Waals surface area (Å²) in [5.74, 6) is 1.51. The molecule has 1 aliphatic rings. The molecule has 0 atom stereocenters. The molecule has 0 spiro atoms. The van der Waals surface area contributed by atoms with Crippen LogP contribution in [0.2, 0.25) is 0 Å². The second-order valence-electron chi connectivity index (χ2n) is 7.28. The molecule has 142 valence electrons. The molecule has 8 nitrogen and oxygen atoms in total. The average molecular weight is 354 g/mol. The number of rotatable bonds is 8. The highest BCUT2D eigenvalue weighted by Crippen LogP contribution is 2.20. The molecular formula is C17H30N4O4. The second kappa shape index (κ2) is 9.26. The fourth-order valence-electron chi connectivity index (χ4n) is 2.54. The van der Waals surface area contributed by atoms with Crippen LogP contribution in [0.15, 0.2) is 4.52 Å². The van der Waals surface area contributed by atoms with Gasteiger partial charge in [-0.2, -0.15) is 4.98 Å². The topological polar surface area (TPSA) is 80.9 Å². The van der Waals surface area contributed by atoms with Gasteiger partial charge >= 0.3 is 0 Å². The van der Waals surface area contributed by atoms with E-state index in [2.05, 4.69) is 15.0 Å². The lowest BCUT2D eigenvalue weighted by atomic mass is 9.97. The highest BCUT2D eigenvalue weighted by molar-refractivity contribution is 5.76. The summed E-state index contributed by atoms with van der Waals surface area (Å²) in [6, 6.07) is 0. The summed E-state index contributed by atoms with van der Waals surface area (Å²) in [6.45, 7) is 11.4. The van der Waals surface area contributed by atoms with E-state index in [1.54, 1.807) is 7.11 Å². The summed E-state index contributed by atoms with van der Waals surface area (Å²) >= 11 is 0. The van der Waals surface area contributed by atoms with E-state index in [1.165, 1.54) is 0 Å². The SMILES string of the molecule is COCCOCCC(=O)N1CCN(Cc2noc(C(C)(C)C)n2)CC1. The van der Waals surface area contributed by atoms with Crippen LogP contribution in [-0.2, 0) is 26.2 Å². The summed E-state index contributed by atoms with van der Waals surface area (Å²) in [5.41, 5.74) is -0.137. The van der Waals surface area contributed by atoms with Crippen LogP contribution in [0.25, 0.3) is 0 Å². The third-order valence-corrected chi connectivity index (χ3v) is 4.09. The highest BCUT2D eigenvalue weighted by atomic mass is 16.5. The van der Waals surface area contributed by atoms with Crippen molar-refractivity contribution in [2.24, 2.45) is 0 Å². The summed E-state index contributed by atoms with van der Waals surface area (Å²) in [7, 11) is 1.63. The molecule has 0 aromatic carbocycles. The minimum atomic E-state index is -0.137. The van der Waals surface area contributed by atoms with E-state index < -0.39 is 0 Å². The van der Waals surface area contributed by atoms with Crippen LogP contribution in [0.3, 0.4) is 0 Å². The molecule has 0 N–H and O–H groups in total. The molecular weight excluding hydrogens is 324 g/mol. The lowest BCUT2D eigenvalue weighted by molar-refractivity contribution is -0.134. The predicted octanol–water partition coefficient (Wildman–Crippen LogP) is 1.06. The first-order valence-corrected chi connectivity index (χ1v) is 8.80. The number of nitrogens with zero attached hydrogens (tertiary/aromatic N) is 4. The Morgan fingerprint density at radius 3 is 2.48 bits per heavy atom. The van der Waals surface area contributed by atoms with Gasteiger partial charge in [-0.3, -0.25) is 9.69 Å². The van der Waals surface area contributed by atoms with Crippen molar-refractivity contribution in [3.63, 3.8) is 0 Å². The molecule has 0 radical (unpaired) electrons. The van der Waals surface area contributed by atoms with Crippen LogP contribution in [0.1, 0.15) is 38.9 Å². The molecule has 25 heavy (non-hydrogen) atoms. The van der Waals surface area contributed by atoms with Gasteiger partial charge in [0.25, 0.3) is 0 Å². The second-order valence-corrected chi connectivity index (χ2v) is 7.28. The molecule has 2 heterocycles. The molecule has 1 aromatic heterocycles. The van der Waals surface area contributed by atoms with Gasteiger partial charge in [-0.05, 0) is 0 Å². The third-order valence-electron chi connectivity index (χ3n) is 4.09. The Morgan fingerprint density at radius 2 is 1.88 bits per heavy atom. The maximum Gasteiger partial charge on any atom is 0.232 e. The lowest BCUT2D eigenvalue weighted by Crippen LogP contribution is -2.48. The van der Waals surface area contributed by atoms with Crippen LogP contribution < -0.4 is 0 Å². The first-order valence-electron chi connectivity index (χ1n) is 8.80. The molecule has 2 rings (SSSR count). The summed E-state index contributed by atoms with van der Waals surface area (Å²) in [6.07, 6.45) is 0.420. The molecule has 1 aromatic rings. The van der Waals surface area contributed by atoms with Crippen molar-refractivity contribution in [3.05, 3.63) is 11.7 Å². The molecule has 1 fully saturated rings. The van der Waals surface area contributed by atoms with E-state index >= 15 is 0 Å². The van der Waals surface area contributed by atoms with E-state index in [9.17, 15) is 4.79 Å². The van der Waals surface area contributed by atoms with Gasteiger partial charge in [-0.25, -0.2) is 0 Å². The van der Waals surface area contributed by atoms with Crippen LogP contribution in [-0.4, -0.2) is 79.0 Å². The third kappa shape index (κ3) is 6.37. The molecule has 0 unspecified atom stereocenters. The number of aromatic nitrogens is 2. The molecule has 1 aliphatic heterocycles. The Hall–Kier alpha value is -1.51. The fraction of sp³-hybridized carbons (Fsp3) is 0.824. The number of amides is 1. The van der Waals surface area contributed by atoms with E-state index in [1.807, 2.05) is 25.7 Å². The standard InChI is InChI=1S/C17H30N4O4/c1-17(2,3)16-18-14(19-25-16)13-20-6-8-21(9-7-20)15(22)5-10-24-12-11-23-4/h5-13H2,1-4H3. The van der Waals surface area contributed by atoms with Crippen LogP contribution in [0, 0.1) is 0 Å². The Morgan fingerprint density at radius 1 is 1.16 bits per heavy atom. The minimum Gasteiger partial charge on any atom is -0.382 e. The minimum absolute atomic E-state index is 0.137. The van der Waals surface area contributed by atoms with Crippen LogP contribution in [0.5, 0.6) is 0 Å². The van der Waals surface area contributed by atoms with Crippen LogP contribution in [0.4, 0.5) is 0 Å². The molecule has 1 saturated heterocycles. The van der Waals surface area contributed by atoms with Gasteiger partial charge in [-0.15, -0.1) is 0 Å². The first-order chi connectivity index (χ1) is 11.9. The van der Waals surface area contributed by atoms with Gasteiger partial charge in [0.15, 0.2) is 5.82 Å². The molecule has 0 saturated carbocycles. The van der Waals surface area contributed by atoms with Crippen molar-refractivity contribution in [2.45, 2.75) is 39.2 Å². The van der Waals surface area contributed by atoms with Crippen LogP contribution >= 0.6 is 0 Å². The maximum absolute atomic E-state index is 12.2. The summed E-state index contributed by atoms with van der Waals surface area (Å²) in [4.78, 5) is 20.8. The van der Waals surface area contributed by atoms with E-state index in [-0.39, 0.29) is 11.3 Å². The summed E-state index contributed by atoms with van der Waals surface area (Å²) < 4.78 is 15.6. The molecule has 1 amide bonds. The fourth-order valence-corrected chi connectivity index (χ4v) is 2.54. The number of piperazine rings is 1. The number of hydrogen-bond acceptors (Lipinski definition) is 7. The highest BCUT2D eigenvalue weighted by Gasteiger charge is 2.24. The zero-order chi connectivity index (χ0) is 18.3. The number of carbonyl (C=O) groups is 1. The number of methoxy groups -OCH3 is 1. The van der Waals surface area contributed by atoms with Gasteiger partial charge in [-0.1, -0.05) is 25.9 Å². The normalized spacial score (nSPS) is 16.4. The number of hydrogen-bond donors (Lipinski definition) is 0. The Kier molecular flexibility index (Phi) is 7.34. The predicted molar refractivity (Wildman–Crippen MR) is 92.2 cm³/mol. The van der Waals surface area contributed by atoms with Crippen molar-refractivity contribution < 1.29 is 18.8 Å². The number of carbonyl (C=O) groups excluding carboxylic acids is 1. The van der Waals surface area contributed by atoms with Crippen molar-refractivity contribution in [1.82, 2.24) is 19.9 Å². The zero-order valence-electron chi connectivity index (χ0n) is 15.8. The Labute approximate surface area is 149 Å². The molecule has 0 aliphatic carbocycles. The monoisotopic (exact) mass is 354 g/mol. The number of ether oxygens (including phenoxy) is 2. The van der Waals surface area contributed by atoms with Gasteiger partial charge in [0.2, 0.25) is 11.8 Å². The van der Waals surface area contributed by atoms with Crippen molar-refractivity contribution in [1.29, 1.82) is 0 Å². The van der Waals surface area contributed by atoms with Crippen molar-refractivity contribution >= 4 is 5.91 Å². The maximum atomic E-state index is 12.2. The van der Waals surface area contributed by atoms with Gasteiger partial charge in [0.05, 0.1) is 32.8 Å². The lowest BCUT2D eigenvalue weighted by Gasteiger charge is -2.34. The van der Waals surface area contributed by atoms with Gasteiger partial charge in [0.1, 0.15) is 0 Å². The van der Waals surface area contributed by atoms with Crippen molar-refractivity contribution in [3.8, 4) is 0 Å². The van der Waals surface area contributed by atoms with Crippen molar-refractivity contribution in [2.75, 3.05) is 53.1 Å². The average Bonchev–Trinajstić information content (AvgIpc) is 3.04. The largest absolute Gasteiger partial charge is 0.382 e. The van der Waals surface area contributed by atoms with Gasteiger partial charge in [0, 0.05) is 38.7 Å². The zero-order valence-corrected chi connectivity index (χ0v) is 15.8. The smallest absolute Gasteiger partial charge is 0.232 e. The quantitative estimate of drug-likeness (QED) is 0.646. The Balaban J connectivity index is 1.69. The van der Waals surface area contributed by atoms with E-state index in [0.29, 0.717) is 44.5 Å². The van der Waals surface area contributed by atoms with E-state index in [0.717, 1.165) is 26.2 Å².